The molecule has 0 heterocycles. The van der Waals surface area contributed by atoms with Crippen molar-refractivity contribution in [3.8, 4) is 0 Å². The Balaban J connectivity index is 1.84. The summed E-state index contributed by atoms with van der Waals surface area (Å²) in [6.07, 6.45) is 3.23. The number of aliphatic hydroxyl groups is 1. The van der Waals surface area contributed by atoms with E-state index in [1.165, 1.54) is 4.90 Å². The van der Waals surface area contributed by atoms with Crippen LogP contribution < -0.4 is 5.32 Å². The Morgan fingerprint density at radius 1 is 1.29 bits per heavy atom. The Morgan fingerprint density at radius 2 is 2.00 bits per heavy atom. The summed E-state index contributed by atoms with van der Waals surface area (Å²) in [6.45, 7) is 0.135. The zero-order valence-corrected chi connectivity index (χ0v) is 13.6. The zero-order chi connectivity index (χ0) is 17.7. The number of rotatable bonds is 5. The minimum Gasteiger partial charge on any atom is -0.393 e. The third-order valence-electron chi connectivity index (χ3n) is 4.38. The summed E-state index contributed by atoms with van der Waals surface area (Å²) in [5, 5.41) is 12.3. The summed E-state index contributed by atoms with van der Waals surface area (Å²) in [7, 11) is 1.61. The first-order chi connectivity index (χ1) is 11.4. The van der Waals surface area contributed by atoms with E-state index < -0.39 is 23.6 Å². The normalized spacial score (nSPS) is 20.5. The fraction of sp³-hybridized carbons (Fsp3) is 0.529. The van der Waals surface area contributed by atoms with E-state index >= 15 is 0 Å². The molecular formula is C17H22F2N2O3. The van der Waals surface area contributed by atoms with Gasteiger partial charge in [-0.25, -0.2) is 8.78 Å². The van der Waals surface area contributed by atoms with E-state index in [2.05, 4.69) is 5.32 Å². The molecule has 0 aliphatic heterocycles. The molecule has 132 valence electrons. The van der Waals surface area contributed by atoms with Gasteiger partial charge in [0.2, 0.25) is 5.91 Å². The van der Waals surface area contributed by atoms with Gasteiger partial charge < -0.3 is 15.3 Å². The smallest absolute Gasteiger partial charge is 0.254 e. The van der Waals surface area contributed by atoms with Gasteiger partial charge in [0.15, 0.2) is 0 Å². The summed E-state index contributed by atoms with van der Waals surface area (Å²) in [5.41, 5.74) is -0.311. The molecule has 2 rings (SSSR count). The molecule has 0 radical (unpaired) electrons. The van der Waals surface area contributed by atoms with E-state index in [0.29, 0.717) is 12.6 Å². The van der Waals surface area contributed by atoms with Crippen LogP contribution in [0.15, 0.2) is 18.2 Å². The third kappa shape index (κ3) is 4.74. The van der Waals surface area contributed by atoms with Gasteiger partial charge in [0.25, 0.3) is 5.91 Å². The molecule has 24 heavy (non-hydrogen) atoms. The average molecular weight is 340 g/mol. The van der Waals surface area contributed by atoms with Crippen LogP contribution in [0.25, 0.3) is 0 Å². The molecule has 2 atom stereocenters. The Morgan fingerprint density at radius 3 is 2.67 bits per heavy atom. The van der Waals surface area contributed by atoms with E-state index in [-0.39, 0.29) is 23.9 Å². The average Bonchev–Trinajstić information content (AvgIpc) is 2.54. The summed E-state index contributed by atoms with van der Waals surface area (Å²) in [4.78, 5) is 25.4. The van der Waals surface area contributed by atoms with Crippen molar-refractivity contribution in [3.05, 3.63) is 35.4 Å². The Hall–Kier alpha value is -2.02. The molecular weight excluding hydrogens is 318 g/mol. The van der Waals surface area contributed by atoms with Gasteiger partial charge in [-0.05, 0) is 25.0 Å². The number of benzene rings is 1. The van der Waals surface area contributed by atoms with Gasteiger partial charge in [-0.2, -0.15) is 0 Å². The zero-order valence-electron chi connectivity index (χ0n) is 13.6. The highest BCUT2D eigenvalue weighted by molar-refractivity contribution is 5.96. The molecule has 7 heteroatoms. The fourth-order valence-electron chi connectivity index (χ4n) is 2.91. The highest BCUT2D eigenvalue weighted by atomic mass is 19.1. The van der Waals surface area contributed by atoms with Crippen molar-refractivity contribution in [1.29, 1.82) is 0 Å². The van der Waals surface area contributed by atoms with E-state index in [0.717, 1.165) is 37.8 Å². The summed E-state index contributed by atoms with van der Waals surface area (Å²) < 4.78 is 26.3. The molecule has 1 aromatic rings. The van der Waals surface area contributed by atoms with Gasteiger partial charge in [0.1, 0.15) is 11.6 Å². The molecule has 2 unspecified atom stereocenters. The molecule has 0 bridgehead atoms. The molecule has 1 fully saturated rings. The van der Waals surface area contributed by atoms with Crippen LogP contribution in [0, 0.1) is 17.6 Å². The van der Waals surface area contributed by atoms with Gasteiger partial charge in [0.05, 0.1) is 18.2 Å². The molecule has 0 spiro atoms. The molecule has 2 amide bonds. The van der Waals surface area contributed by atoms with Crippen molar-refractivity contribution in [2.75, 3.05) is 20.1 Å². The van der Waals surface area contributed by atoms with E-state index in [1.807, 2.05) is 0 Å². The summed E-state index contributed by atoms with van der Waals surface area (Å²) in [5.74, 6) is -2.81. The number of nitrogens with zero attached hydrogens (tertiary/aromatic N) is 1. The third-order valence-corrected chi connectivity index (χ3v) is 4.38. The maximum absolute atomic E-state index is 13.5. The number of aliphatic hydroxyl groups excluding tert-OH is 1. The molecule has 0 saturated heterocycles. The fourth-order valence-corrected chi connectivity index (χ4v) is 2.91. The standard InChI is InChI=1S/C17H22F2N2O3/c1-21(10-11-4-2-3-5-15(11)22)16(23)9-20-17(24)13-7-6-12(18)8-14(13)19/h6-8,11,15,22H,2-5,9-10H2,1H3,(H,20,24). The molecule has 1 aliphatic carbocycles. The Bertz CT molecular complexity index is 609. The van der Waals surface area contributed by atoms with Crippen molar-refractivity contribution in [2.45, 2.75) is 31.8 Å². The molecule has 1 aromatic carbocycles. The first-order valence-corrected chi connectivity index (χ1v) is 8.03. The lowest BCUT2D eigenvalue weighted by Crippen LogP contribution is -2.42. The van der Waals surface area contributed by atoms with Crippen molar-refractivity contribution in [2.24, 2.45) is 5.92 Å². The second-order valence-corrected chi connectivity index (χ2v) is 6.19. The van der Waals surface area contributed by atoms with E-state index in [9.17, 15) is 23.5 Å². The van der Waals surface area contributed by atoms with Crippen LogP contribution in [-0.4, -0.2) is 48.1 Å². The Kier molecular flexibility index (Phi) is 6.25. The number of amides is 2. The first kappa shape index (κ1) is 18.3. The maximum Gasteiger partial charge on any atom is 0.254 e. The molecule has 5 nitrogen and oxygen atoms in total. The number of likely N-dealkylation sites (N-methyl/N-ethyl adjacent to an activating group) is 1. The maximum atomic E-state index is 13.5. The van der Waals surface area contributed by atoms with E-state index in [4.69, 9.17) is 0 Å². The second kappa shape index (κ2) is 8.19. The SMILES string of the molecule is CN(CC1CCCCC1O)C(=O)CNC(=O)c1ccc(F)cc1F. The van der Waals surface area contributed by atoms with Crippen LogP contribution in [0.3, 0.4) is 0 Å². The van der Waals surface area contributed by atoms with Crippen LogP contribution in [0.2, 0.25) is 0 Å². The first-order valence-electron chi connectivity index (χ1n) is 8.03. The van der Waals surface area contributed by atoms with Gasteiger partial charge >= 0.3 is 0 Å². The lowest BCUT2D eigenvalue weighted by atomic mass is 9.86. The number of hydrogen-bond acceptors (Lipinski definition) is 3. The summed E-state index contributed by atoms with van der Waals surface area (Å²) >= 11 is 0. The van der Waals surface area contributed by atoms with Crippen molar-refractivity contribution in [1.82, 2.24) is 10.2 Å². The van der Waals surface area contributed by atoms with Crippen molar-refractivity contribution < 1.29 is 23.5 Å². The quantitative estimate of drug-likeness (QED) is 0.857. The number of hydrogen-bond donors (Lipinski definition) is 2. The van der Waals surface area contributed by atoms with Gasteiger partial charge in [-0.1, -0.05) is 12.8 Å². The van der Waals surface area contributed by atoms with Crippen LogP contribution >= 0.6 is 0 Å². The van der Waals surface area contributed by atoms with Gasteiger partial charge in [-0.15, -0.1) is 0 Å². The molecule has 2 N–H and O–H groups in total. The predicted molar refractivity (Wildman–Crippen MR) is 84.3 cm³/mol. The molecule has 1 saturated carbocycles. The lowest BCUT2D eigenvalue weighted by Gasteiger charge is -2.31. The van der Waals surface area contributed by atoms with Gasteiger partial charge in [0, 0.05) is 25.6 Å². The van der Waals surface area contributed by atoms with Crippen molar-refractivity contribution >= 4 is 11.8 Å². The van der Waals surface area contributed by atoms with Crippen molar-refractivity contribution in [3.63, 3.8) is 0 Å². The Labute approximate surface area is 139 Å². The van der Waals surface area contributed by atoms with Gasteiger partial charge in [-0.3, -0.25) is 9.59 Å². The minimum absolute atomic E-state index is 0.0398. The second-order valence-electron chi connectivity index (χ2n) is 6.19. The number of carbonyl (C=O) groups is 2. The summed E-state index contributed by atoms with van der Waals surface area (Å²) in [6, 6.07) is 2.64. The van der Waals surface area contributed by atoms with Crippen LogP contribution in [0.5, 0.6) is 0 Å². The topological polar surface area (TPSA) is 69.6 Å². The highest BCUT2D eigenvalue weighted by Crippen LogP contribution is 2.24. The molecule has 0 aromatic heterocycles. The molecule has 1 aliphatic rings. The number of halogens is 2. The number of nitrogens with one attached hydrogen (secondary N) is 1. The van der Waals surface area contributed by atoms with Crippen LogP contribution in [0.4, 0.5) is 8.78 Å². The minimum atomic E-state index is -0.973. The highest BCUT2D eigenvalue weighted by Gasteiger charge is 2.25. The number of carbonyl (C=O) groups excluding carboxylic acids is 2. The monoisotopic (exact) mass is 340 g/mol. The largest absolute Gasteiger partial charge is 0.393 e. The lowest BCUT2D eigenvalue weighted by molar-refractivity contribution is -0.130. The van der Waals surface area contributed by atoms with Crippen LogP contribution in [-0.2, 0) is 4.79 Å². The van der Waals surface area contributed by atoms with E-state index in [1.54, 1.807) is 7.05 Å². The van der Waals surface area contributed by atoms with Crippen LogP contribution in [0.1, 0.15) is 36.0 Å². The predicted octanol–water partition coefficient (Wildman–Crippen LogP) is 1.70.